The van der Waals surface area contributed by atoms with Crippen molar-refractivity contribution >= 4 is 21.9 Å². The Bertz CT molecular complexity index is 513. The molecule has 0 saturated heterocycles. The molecule has 0 aromatic carbocycles. The maximum absolute atomic E-state index is 5.09. The Morgan fingerprint density at radius 3 is 3.00 bits per heavy atom. The Morgan fingerprint density at radius 1 is 1.53 bits per heavy atom. The predicted molar refractivity (Wildman–Crippen MR) is 66.8 cm³/mol. The summed E-state index contributed by atoms with van der Waals surface area (Å²) in [6.45, 7) is 0.612. The smallest absolute Gasteiger partial charge is 0.232 e. The van der Waals surface area contributed by atoms with E-state index in [1.54, 1.807) is 24.2 Å². The molecule has 2 rings (SSSR count). The molecule has 0 radical (unpaired) electrons. The Labute approximate surface area is 107 Å². The van der Waals surface area contributed by atoms with E-state index in [0.717, 1.165) is 10.2 Å². The first kappa shape index (κ1) is 11.8. The van der Waals surface area contributed by atoms with Gasteiger partial charge in [0, 0.05) is 13.2 Å². The number of anilines is 1. The summed E-state index contributed by atoms with van der Waals surface area (Å²) in [5, 5.41) is 7.19. The van der Waals surface area contributed by atoms with Crippen LogP contribution >= 0.6 is 15.9 Å². The SMILES string of the molecule is COc1nc(NCc2ccnn2C)ncc1Br. The van der Waals surface area contributed by atoms with E-state index in [1.807, 2.05) is 13.1 Å². The molecule has 2 aromatic heterocycles. The molecule has 0 saturated carbocycles. The Kier molecular flexibility index (Phi) is 3.58. The molecule has 0 aliphatic carbocycles. The fourth-order valence-corrected chi connectivity index (χ4v) is 1.68. The van der Waals surface area contributed by atoms with Crippen LogP contribution in [0.5, 0.6) is 5.88 Å². The van der Waals surface area contributed by atoms with Crippen LogP contribution in [0.15, 0.2) is 22.9 Å². The Hall–Kier alpha value is -1.63. The molecule has 0 atom stereocenters. The highest BCUT2D eigenvalue weighted by Crippen LogP contribution is 2.21. The number of halogens is 1. The number of methoxy groups -OCH3 is 1. The minimum atomic E-state index is 0.507. The number of hydrogen-bond donors (Lipinski definition) is 1. The molecule has 0 aliphatic rings. The van der Waals surface area contributed by atoms with Crippen molar-refractivity contribution in [3.8, 4) is 5.88 Å². The van der Waals surface area contributed by atoms with Gasteiger partial charge in [-0.3, -0.25) is 4.68 Å². The van der Waals surface area contributed by atoms with E-state index >= 15 is 0 Å². The molecular weight excluding hydrogens is 286 g/mol. The third-order valence-electron chi connectivity index (χ3n) is 2.26. The quantitative estimate of drug-likeness (QED) is 0.928. The van der Waals surface area contributed by atoms with Crippen molar-refractivity contribution in [3.63, 3.8) is 0 Å². The van der Waals surface area contributed by atoms with E-state index in [-0.39, 0.29) is 0 Å². The summed E-state index contributed by atoms with van der Waals surface area (Å²) < 4.78 is 7.61. The summed E-state index contributed by atoms with van der Waals surface area (Å²) in [4.78, 5) is 8.34. The van der Waals surface area contributed by atoms with Crippen molar-refractivity contribution < 1.29 is 4.74 Å². The topological polar surface area (TPSA) is 64.9 Å². The van der Waals surface area contributed by atoms with Gasteiger partial charge in [-0.15, -0.1) is 0 Å². The van der Waals surface area contributed by atoms with Gasteiger partial charge >= 0.3 is 0 Å². The summed E-state index contributed by atoms with van der Waals surface area (Å²) in [5.41, 5.74) is 1.05. The molecule has 0 spiro atoms. The van der Waals surface area contributed by atoms with Gasteiger partial charge in [0.05, 0.1) is 30.0 Å². The number of aryl methyl sites for hydroxylation is 1. The summed E-state index contributed by atoms with van der Waals surface area (Å²) in [6, 6.07) is 1.93. The van der Waals surface area contributed by atoms with Gasteiger partial charge in [0.25, 0.3) is 0 Å². The molecule has 0 fully saturated rings. The van der Waals surface area contributed by atoms with Crippen LogP contribution in [0.2, 0.25) is 0 Å². The summed E-state index contributed by atoms with van der Waals surface area (Å²) in [7, 11) is 3.46. The van der Waals surface area contributed by atoms with E-state index in [1.165, 1.54) is 0 Å². The minimum absolute atomic E-state index is 0.507. The molecule has 17 heavy (non-hydrogen) atoms. The first-order valence-electron chi connectivity index (χ1n) is 4.98. The van der Waals surface area contributed by atoms with Crippen molar-refractivity contribution in [1.29, 1.82) is 0 Å². The molecule has 2 heterocycles. The molecule has 2 aromatic rings. The summed E-state index contributed by atoms with van der Waals surface area (Å²) in [6.07, 6.45) is 3.40. The lowest BCUT2D eigenvalue weighted by atomic mass is 10.4. The molecule has 0 amide bonds. The number of aromatic nitrogens is 4. The van der Waals surface area contributed by atoms with E-state index < -0.39 is 0 Å². The average Bonchev–Trinajstić information content (AvgIpc) is 2.74. The zero-order valence-corrected chi connectivity index (χ0v) is 11.1. The minimum Gasteiger partial charge on any atom is -0.480 e. The van der Waals surface area contributed by atoms with Crippen LogP contribution < -0.4 is 10.1 Å². The molecule has 6 nitrogen and oxygen atoms in total. The maximum Gasteiger partial charge on any atom is 0.232 e. The molecule has 0 bridgehead atoms. The van der Waals surface area contributed by atoms with E-state index in [2.05, 4.69) is 36.3 Å². The van der Waals surface area contributed by atoms with Gasteiger partial charge in [0.2, 0.25) is 11.8 Å². The average molecular weight is 298 g/mol. The van der Waals surface area contributed by atoms with Crippen LogP contribution in [0, 0.1) is 0 Å². The standard InChI is InChI=1S/C10H12BrN5O/c1-16-7(3-4-14-16)5-12-10-13-6-8(11)9(15-10)17-2/h3-4,6H,5H2,1-2H3,(H,12,13,15). The van der Waals surface area contributed by atoms with Crippen LogP contribution in [-0.2, 0) is 13.6 Å². The van der Waals surface area contributed by atoms with E-state index in [9.17, 15) is 0 Å². The fourth-order valence-electron chi connectivity index (χ4n) is 1.32. The maximum atomic E-state index is 5.09. The lowest BCUT2D eigenvalue weighted by Gasteiger charge is -2.07. The molecule has 1 N–H and O–H groups in total. The van der Waals surface area contributed by atoms with Crippen LogP contribution in [0.1, 0.15) is 5.69 Å². The van der Waals surface area contributed by atoms with E-state index in [0.29, 0.717) is 18.4 Å². The number of ether oxygens (including phenoxy) is 1. The molecule has 7 heteroatoms. The van der Waals surface area contributed by atoms with Gasteiger partial charge in [-0.25, -0.2) is 4.98 Å². The van der Waals surface area contributed by atoms with Gasteiger partial charge in [0.1, 0.15) is 0 Å². The second kappa shape index (κ2) is 5.13. The molecule has 0 unspecified atom stereocenters. The van der Waals surface area contributed by atoms with Crippen molar-refractivity contribution in [3.05, 3.63) is 28.6 Å². The highest BCUT2D eigenvalue weighted by molar-refractivity contribution is 9.10. The first-order valence-corrected chi connectivity index (χ1v) is 5.77. The van der Waals surface area contributed by atoms with Crippen LogP contribution in [0.3, 0.4) is 0 Å². The van der Waals surface area contributed by atoms with Gasteiger partial charge in [-0.2, -0.15) is 10.1 Å². The van der Waals surface area contributed by atoms with Crippen molar-refractivity contribution in [1.82, 2.24) is 19.7 Å². The highest BCUT2D eigenvalue weighted by atomic mass is 79.9. The first-order chi connectivity index (χ1) is 8.20. The van der Waals surface area contributed by atoms with Crippen molar-refractivity contribution in [2.24, 2.45) is 7.05 Å². The summed E-state index contributed by atoms with van der Waals surface area (Å²) in [5.74, 6) is 1.03. The largest absolute Gasteiger partial charge is 0.480 e. The van der Waals surface area contributed by atoms with Gasteiger partial charge in [0.15, 0.2) is 0 Å². The predicted octanol–water partition coefficient (Wildman–Crippen LogP) is 1.59. The number of rotatable bonds is 4. The zero-order chi connectivity index (χ0) is 12.3. The Balaban J connectivity index is 2.07. The van der Waals surface area contributed by atoms with Crippen molar-refractivity contribution in [2.75, 3.05) is 12.4 Å². The lowest BCUT2D eigenvalue weighted by Crippen LogP contribution is -2.08. The third kappa shape index (κ3) is 2.73. The fraction of sp³-hybridized carbons (Fsp3) is 0.300. The van der Waals surface area contributed by atoms with Gasteiger partial charge in [-0.1, -0.05) is 0 Å². The van der Waals surface area contributed by atoms with Crippen LogP contribution in [0.4, 0.5) is 5.95 Å². The normalized spacial score (nSPS) is 10.3. The monoisotopic (exact) mass is 297 g/mol. The van der Waals surface area contributed by atoms with Gasteiger partial charge in [-0.05, 0) is 22.0 Å². The molecular formula is C10H12BrN5O. The van der Waals surface area contributed by atoms with E-state index in [4.69, 9.17) is 4.74 Å². The molecule has 0 aliphatic heterocycles. The zero-order valence-electron chi connectivity index (χ0n) is 9.51. The second-order valence-electron chi connectivity index (χ2n) is 3.35. The lowest BCUT2D eigenvalue weighted by molar-refractivity contribution is 0.394. The number of nitrogens with one attached hydrogen (secondary N) is 1. The van der Waals surface area contributed by atoms with Crippen LogP contribution in [0.25, 0.3) is 0 Å². The Morgan fingerprint density at radius 2 is 2.35 bits per heavy atom. The second-order valence-corrected chi connectivity index (χ2v) is 4.20. The van der Waals surface area contributed by atoms with Crippen molar-refractivity contribution in [2.45, 2.75) is 6.54 Å². The third-order valence-corrected chi connectivity index (χ3v) is 2.80. The molecule has 90 valence electrons. The van der Waals surface area contributed by atoms with Crippen LogP contribution in [-0.4, -0.2) is 26.9 Å². The number of nitrogens with zero attached hydrogens (tertiary/aromatic N) is 4. The van der Waals surface area contributed by atoms with Gasteiger partial charge < -0.3 is 10.1 Å². The summed E-state index contributed by atoms with van der Waals surface area (Å²) >= 11 is 3.30. The number of hydrogen-bond acceptors (Lipinski definition) is 5. The highest BCUT2D eigenvalue weighted by Gasteiger charge is 2.05.